The molecule has 0 bridgehead atoms. The SMILES string of the molecule is Brc1ccc(C2(c3ccc(Br)cc3)C(c3ccccc3)=C(c3ccccc3)c3c(c4ccccc4c4ccccc34)C2c2ccccc2)cc1. The van der Waals surface area contributed by atoms with Crippen molar-refractivity contribution < 1.29 is 0 Å². The van der Waals surface area contributed by atoms with E-state index in [-0.39, 0.29) is 5.92 Å². The van der Waals surface area contributed by atoms with Gasteiger partial charge >= 0.3 is 0 Å². The third-order valence-electron chi connectivity index (χ3n) is 10.4. The number of benzene rings is 8. The molecule has 0 aromatic heterocycles. The highest BCUT2D eigenvalue weighted by Crippen LogP contribution is 2.64. The topological polar surface area (TPSA) is 0 Å². The smallest absolute Gasteiger partial charge is 0.0572 e. The number of allylic oxidation sites excluding steroid dienone is 1. The Labute approximate surface area is 310 Å². The van der Waals surface area contributed by atoms with Crippen molar-refractivity contribution in [3.8, 4) is 0 Å². The lowest BCUT2D eigenvalue weighted by atomic mass is 9.51. The minimum Gasteiger partial charge on any atom is -0.0622 e. The molecule has 50 heavy (non-hydrogen) atoms. The highest BCUT2D eigenvalue weighted by atomic mass is 79.9. The van der Waals surface area contributed by atoms with Crippen LogP contribution in [0.15, 0.2) is 197 Å². The third kappa shape index (κ3) is 4.85. The van der Waals surface area contributed by atoms with Crippen LogP contribution < -0.4 is 0 Å². The molecule has 0 fully saturated rings. The molecule has 0 heterocycles. The average molecular weight is 769 g/mol. The fraction of sp³-hybridized carbons (Fsp3) is 0.0417. The Morgan fingerprint density at radius 3 is 1.34 bits per heavy atom. The largest absolute Gasteiger partial charge is 0.0622 e. The fourth-order valence-electron chi connectivity index (χ4n) is 8.57. The van der Waals surface area contributed by atoms with Crippen molar-refractivity contribution in [2.24, 2.45) is 0 Å². The average Bonchev–Trinajstić information content (AvgIpc) is 3.18. The van der Waals surface area contributed by atoms with Crippen LogP contribution in [0.1, 0.15) is 44.9 Å². The van der Waals surface area contributed by atoms with Crippen molar-refractivity contribution in [3.05, 3.63) is 236 Å². The van der Waals surface area contributed by atoms with Gasteiger partial charge in [0.2, 0.25) is 0 Å². The highest BCUT2D eigenvalue weighted by molar-refractivity contribution is 9.10. The predicted molar refractivity (Wildman–Crippen MR) is 218 cm³/mol. The van der Waals surface area contributed by atoms with Crippen LogP contribution in [0.5, 0.6) is 0 Å². The molecular weight excluding hydrogens is 736 g/mol. The molecule has 1 aliphatic rings. The third-order valence-corrected chi connectivity index (χ3v) is 11.5. The molecule has 1 unspecified atom stereocenters. The van der Waals surface area contributed by atoms with E-state index >= 15 is 0 Å². The molecule has 0 saturated heterocycles. The van der Waals surface area contributed by atoms with E-state index in [1.165, 1.54) is 71.6 Å². The Bertz CT molecular complexity index is 2470. The standard InChI is InChI=1S/C48H32Br2/c49-37-28-24-35(25-29-37)48(36-26-30-38(50)31-27-36)46(33-16-6-2-7-17-33)43(32-14-4-1-5-15-32)44-41-22-12-10-20-39(41)40-21-11-13-23-42(40)45(44)47(48)34-18-8-3-9-19-34/h1-31,47H. The zero-order chi connectivity index (χ0) is 33.7. The van der Waals surface area contributed by atoms with Gasteiger partial charge in [0, 0.05) is 14.9 Å². The summed E-state index contributed by atoms with van der Waals surface area (Å²) in [4.78, 5) is 0. The molecule has 8 aromatic rings. The van der Waals surface area contributed by atoms with Gasteiger partial charge in [0.05, 0.1) is 5.41 Å². The number of hydrogen-bond acceptors (Lipinski definition) is 0. The Hall–Kier alpha value is -5.02. The van der Waals surface area contributed by atoms with Gasteiger partial charge in [-0.3, -0.25) is 0 Å². The lowest BCUT2D eigenvalue weighted by Gasteiger charge is -2.50. The summed E-state index contributed by atoms with van der Waals surface area (Å²) in [7, 11) is 0. The van der Waals surface area contributed by atoms with Crippen LogP contribution in [0.25, 0.3) is 32.7 Å². The van der Waals surface area contributed by atoms with Crippen molar-refractivity contribution in [2.45, 2.75) is 11.3 Å². The summed E-state index contributed by atoms with van der Waals surface area (Å²) in [6.07, 6.45) is 0. The molecule has 2 heteroatoms. The van der Waals surface area contributed by atoms with Gasteiger partial charge in [0.1, 0.15) is 0 Å². The maximum Gasteiger partial charge on any atom is 0.0572 e. The zero-order valence-electron chi connectivity index (χ0n) is 27.2. The molecule has 8 aromatic carbocycles. The highest BCUT2D eigenvalue weighted by Gasteiger charge is 2.53. The molecule has 1 atom stereocenters. The van der Waals surface area contributed by atoms with E-state index in [4.69, 9.17) is 0 Å². The van der Waals surface area contributed by atoms with Crippen molar-refractivity contribution >= 4 is 64.6 Å². The summed E-state index contributed by atoms with van der Waals surface area (Å²) in [6.45, 7) is 0. The van der Waals surface area contributed by atoms with Crippen LogP contribution in [0.4, 0.5) is 0 Å². The second-order valence-corrected chi connectivity index (χ2v) is 14.9. The van der Waals surface area contributed by atoms with Crippen molar-refractivity contribution in [3.63, 3.8) is 0 Å². The Balaban J connectivity index is 1.64. The maximum absolute atomic E-state index is 3.79. The van der Waals surface area contributed by atoms with Crippen LogP contribution in [0.2, 0.25) is 0 Å². The minimum atomic E-state index is -0.645. The molecular formula is C48H32Br2. The van der Waals surface area contributed by atoms with E-state index in [2.05, 4.69) is 220 Å². The van der Waals surface area contributed by atoms with Gasteiger partial charge in [-0.2, -0.15) is 0 Å². The van der Waals surface area contributed by atoms with Crippen LogP contribution in [-0.4, -0.2) is 0 Å². The van der Waals surface area contributed by atoms with E-state index < -0.39 is 5.41 Å². The summed E-state index contributed by atoms with van der Waals surface area (Å²) in [6, 6.07) is 69.6. The van der Waals surface area contributed by atoms with Crippen molar-refractivity contribution in [2.75, 3.05) is 0 Å². The predicted octanol–water partition coefficient (Wildman–Crippen LogP) is 13.6. The summed E-state index contributed by atoms with van der Waals surface area (Å²) in [5.41, 5.74) is 10.8. The van der Waals surface area contributed by atoms with Gasteiger partial charge in [-0.15, -0.1) is 0 Å². The second kappa shape index (κ2) is 12.7. The fourth-order valence-corrected chi connectivity index (χ4v) is 9.10. The lowest BCUT2D eigenvalue weighted by Crippen LogP contribution is -2.41. The van der Waals surface area contributed by atoms with Gasteiger partial charge in [-0.1, -0.05) is 196 Å². The van der Waals surface area contributed by atoms with Crippen molar-refractivity contribution in [1.29, 1.82) is 0 Å². The van der Waals surface area contributed by atoms with E-state index in [0.717, 1.165) is 8.95 Å². The van der Waals surface area contributed by atoms with Gasteiger partial charge in [-0.25, -0.2) is 0 Å². The van der Waals surface area contributed by atoms with Crippen LogP contribution in [-0.2, 0) is 5.41 Å². The quantitative estimate of drug-likeness (QED) is 0.153. The van der Waals surface area contributed by atoms with E-state index in [9.17, 15) is 0 Å². The van der Waals surface area contributed by atoms with E-state index in [0.29, 0.717) is 0 Å². The number of rotatable bonds is 5. The maximum atomic E-state index is 3.79. The zero-order valence-corrected chi connectivity index (χ0v) is 30.4. The molecule has 0 amide bonds. The first-order valence-electron chi connectivity index (χ1n) is 17.0. The molecule has 0 saturated carbocycles. The lowest BCUT2D eigenvalue weighted by molar-refractivity contribution is 0.571. The number of hydrogen-bond donors (Lipinski definition) is 0. The van der Waals surface area contributed by atoms with Crippen LogP contribution in [0, 0.1) is 0 Å². The molecule has 0 N–H and O–H groups in total. The summed E-state index contributed by atoms with van der Waals surface area (Å²) >= 11 is 7.58. The molecule has 0 spiro atoms. The first kappa shape index (κ1) is 31.0. The molecule has 1 aliphatic carbocycles. The molecule has 9 rings (SSSR count). The minimum absolute atomic E-state index is 0.0850. The van der Waals surface area contributed by atoms with E-state index in [1.54, 1.807) is 0 Å². The van der Waals surface area contributed by atoms with E-state index in [1.807, 2.05) is 0 Å². The van der Waals surface area contributed by atoms with Gasteiger partial charge in [0.25, 0.3) is 0 Å². The first-order valence-corrected chi connectivity index (χ1v) is 18.6. The molecule has 0 aliphatic heterocycles. The number of halogens is 2. The van der Waals surface area contributed by atoms with Crippen LogP contribution in [0.3, 0.4) is 0 Å². The van der Waals surface area contributed by atoms with Gasteiger partial charge < -0.3 is 0 Å². The van der Waals surface area contributed by atoms with Crippen LogP contribution >= 0.6 is 31.9 Å². The number of fused-ring (bicyclic) bond motifs is 6. The Morgan fingerprint density at radius 1 is 0.380 bits per heavy atom. The summed E-state index contributed by atoms with van der Waals surface area (Å²) in [5.74, 6) is -0.0850. The van der Waals surface area contributed by atoms with Gasteiger partial charge in [-0.05, 0) is 95.9 Å². The second-order valence-electron chi connectivity index (χ2n) is 13.0. The Morgan fingerprint density at radius 2 is 0.800 bits per heavy atom. The normalized spacial score (nSPS) is 15.3. The Kier molecular flexibility index (Phi) is 7.87. The summed E-state index contributed by atoms with van der Waals surface area (Å²) in [5, 5.41) is 5.11. The summed E-state index contributed by atoms with van der Waals surface area (Å²) < 4.78 is 2.12. The first-order chi connectivity index (χ1) is 24.7. The monoisotopic (exact) mass is 766 g/mol. The van der Waals surface area contributed by atoms with Crippen molar-refractivity contribution in [1.82, 2.24) is 0 Å². The molecule has 0 radical (unpaired) electrons. The van der Waals surface area contributed by atoms with Gasteiger partial charge in [0.15, 0.2) is 0 Å². The molecule has 0 nitrogen and oxygen atoms in total. The molecule has 238 valence electrons.